The van der Waals surface area contributed by atoms with Gasteiger partial charge in [-0.3, -0.25) is 4.90 Å². The highest BCUT2D eigenvalue weighted by molar-refractivity contribution is 6.02. The fourth-order valence-electron chi connectivity index (χ4n) is 4.36. The zero-order valence-electron chi connectivity index (χ0n) is 20.1. The van der Waals surface area contributed by atoms with Crippen LogP contribution in [0.1, 0.15) is 63.8 Å². The lowest BCUT2D eigenvalue weighted by Gasteiger charge is -2.40. The molecule has 0 aromatic heterocycles. The van der Waals surface area contributed by atoms with E-state index in [1.807, 2.05) is 34.1 Å². The van der Waals surface area contributed by atoms with Crippen molar-refractivity contribution in [1.82, 2.24) is 4.90 Å². The van der Waals surface area contributed by atoms with Gasteiger partial charge in [0, 0.05) is 13.1 Å². The number of carbonyl (C=O) groups is 1. The van der Waals surface area contributed by atoms with Gasteiger partial charge in [-0.1, -0.05) is 102 Å². The van der Waals surface area contributed by atoms with Gasteiger partial charge in [0.25, 0.3) is 0 Å². The lowest BCUT2D eigenvalue weighted by Crippen LogP contribution is -2.45. The maximum atomic E-state index is 14.0. The molecule has 0 unspecified atom stereocenters. The number of rotatable bonds is 3. The normalized spacial score (nSPS) is 14.5. The minimum atomic E-state index is -0.0946. The Hall–Kier alpha value is -3.07. The lowest BCUT2D eigenvalue weighted by atomic mass is 9.80. The van der Waals surface area contributed by atoms with Crippen molar-refractivity contribution in [1.29, 1.82) is 0 Å². The Balaban J connectivity index is 1.88. The molecule has 0 radical (unpaired) electrons. The van der Waals surface area contributed by atoms with Crippen molar-refractivity contribution in [3.05, 3.63) is 95.1 Å². The fraction of sp³-hybridized carbons (Fsp3) is 0.345. The van der Waals surface area contributed by atoms with Gasteiger partial charge in [-0.2, -0.15) is 0 Å². The first-order valence-electron chi connectivity index (χ1n) is 11.4. The molecule has 1 aliphatic heterocycles. The van der Waals surface area contributed by atoms with Crippen LogP contribution in [0.5, 0.6) is 0 Å². The van der Waals surface area contributed by atoms with Crippen molar-refractivity contribution in [3.63, 3.8) is 0 Å². The second-order valence-electron chi connectivity index (χ2n) is 10.8. The molecule has 4 rings (SSSR count). The van der Waals surface area contributed by atoms with Crippen LogP contribution in [0.25, 0.3) is 0 Å². The first-order chi connectivity index (χ1) is 15.1. The molecule has 0 saturated carbocycles. The summed E-state index contributed by atoms with van der Waals surface area (Å²) in [7, 11) is 0. The highest BCUT2D eigenvalue weighted by Gasteiger charge is 2.35. The molecular formula is C29H34N2O. The molecule has 1 aliphatic rings. The molecule has 0 aliphatic carbocycles. The third kappa shape index (κ3) is 4.29. The lowest BCUT2D eigenvalue weighted by molar-refractivity contribution is 0.198. The second kappa shape index (κ2) is 8.12. The van der Waals surface area contributed by atoms with Crippen LogP contribution in [0.4, 0.5) is 16.2 Å². The molecule has 0 saturated heterocycles. The number of fused-ring (bicyclic) bond motifs is 1. The van der Waals surface area contributed by atoms with Gasteiger partial charge in [0.1, 0.15) is 0 Å². The quantitative estimate of drug-likeness (QED) is 0.424. The van der Waals surface area contributed by atoms with Crippen LogP contribution >= 0.6 is 0 Å². The van der Waals surface area contributed by atoms with Gasteiger partial charge >= 0.3 is 6.03 Å². The molecule has 0 spiro atoms. The Morgan fingerprint density at radius 3 is 2.06 bits per heavy atom. The van der Waals surface area contributed by atoms with E-state index in [0.717, 1.165) is 16.9 Å². The number of benzene rings is 3. The number of carbonyl (C=O) groups excluding carboxylic acids is 1. The average molecular weight is 427 g/mol. The Kier molecular flexibility index (Phi) is 5.62. The number of urea groups is 1. The van der Waals surface area contributed by atoms with E-state index in [4.69, 9.17) is 0 Å². The zero-order valence-corrected chi connectivity index (χ0v) is 20.1. The predicted molar refractivity (Wildman–Crippen MR) is 134 cm³/mol. The van der Waals surface area contributed by atoms with E-state index in [2.05, 4.69) is 90.1 Å². The first-order valence-corrected chi connectivity index (χ1v) is 11.4. The Morgan fingerprint density at radius 1 is 0.750 bits per heavy atom. The third-order valence-corrected chi connectivity index (χ3v) is 6.18. The van der Waals surface area contributed by atoms with Gasteiger partial charge in [0.05, 0.1) is 11.4 Å². The van der Waals surface area contributed by atoms with E-state index < -0.39 is 0 Å². The Morgan fingerprint density at radius 2 is 1.41 bits per heavy atom. The van der Waals surface area contributed by atoms with Gasteiger partial charge < -0.3 is 4.90 Å². The monoisotopic (exact) mass is 426 g/mol. The molecule has 0 atom stereocenters. The summed E-state index contributed by atoms with van der Waals surface area (Å²) in [6.45, 7) is 14.5. The molecule has 166 valence electrons. The summed E-state index contributed by atoms with van der Waals surface area (Å²) in [5.74, 6) is 0. The van der Waals surface area contributed by atoms with Gasteiger partial charge in [-0.05, 0) is 45.2 Å². The van der Waals surface area contributed by atoms with Crippen molar-refractivity contribution in [2.75, 3.05) is 4.90 Å². The summed E-state index contributed by atoms with van der Waals surface area (Å²) in [5.41, 5.74) is 6.58. The number of hydrogen-bond donors (Lipinski definition) is 0. The highest BCUT2D eigenvalue weighted by atomic mass is 16.2. The van der Waals surface area contributed by atoms with E-state index >= 15 is 0 Å². The van der Waals surface area contributed by atoms with Crippen LogP contribution in [0.2, 0.25) is 0 Å². The van der Waals surface area contributed by atoms with Crippen LogP contribution in [0, 0.1) is 0 Å². The number of nitrogens with zero attached hydrogens (tertiary/aromatic N) is 2. The molecule has 0 N–H and O–H groups in total. The van der Waals surface area contributed by atoms with E-state index in [1.54, 1.807) is 0 Å². The number of anilines is 2. The summed E-state index contributed by atoms with van der Waals surface area (Å²) in [6, 6.07) is 25.2. The van der Waals surface area contributed by atoms with E-state index in [9.17, 15) is 4.79 Å². The van der Waals surface area contributed by atoms with Crippen molar-refractivity contribution >= 4 is 17.4 Å². The minimum absolute atomic E-state index is 0.00670. The maximum Gasteiger partial charge on any atom is 0.329 e. The maximum absolute atomic E-state index is 14.0. The van der Waals surface area contributed by atoms with Crippen LogP contribution in [0.3, 0.4) is 0 Å². The zero-order chi connectivity index (χ0) is 23.1. The minimum Gasteiger partial charge on any atom is -0.315 e. The molecule has 2 amide bonds. The van der Waals surface area contributed by atoms with Gasteiger partial charge in [-0.15, -0.1) is 0 Å². The first kappa shape index (κ1) is 22.1. The molecule has 0 fully saturated rings. The predicted octanol–water partition coefficient (Wildman–Crippen LogP) is 7.56. The molecule has 1 heterocycles. The van der Waals surface area contributed by atoms with Crippen LogP contribution in [0.15, 0.2) is 72.8 Å². The largest absolute Gasteiger partial charge is 0.329 e. The molecule has 32 heavy (non-hydrogen) atoms. The molecule has 3 aromatic carbocycles. The van der Waals surface area contributed by atoms with Crippen LogP contribution < -0.4 is 4.90 Å². The number of para-hydroxylation sites is 1. The molecule has 3 aromatic rings. The van der Waals surface area contributed by atoms with E-state index in [1.165, 1.54) is 16.7 Å². The standard InChI is InChI=1S/C29H34N2O/c1-28(2,3)23-16-17-24(29(4,5)6)26(18-23)31-25-15-11-10-14-22(25)20-30(27(31)32)19-21-12-8-7-9-13-21/h7-18H,19-20H2,1-6H3. The topological polar surface area (TPSA) is 23.6 Å². The number of amides is 2. The average Bonchev–Trinajstić information content (AvgIpc) is 2.73. The third-order valence-electron chi connectivity index (χ3n) is 6.18. The fourth-order valence-corrected chi connectivity index (χ4v) is 4.36. The molecule has 0 bridgehead atoms. The molecular weight excluding hydrogens is 392 g/mol. The SMILES string of the molecule is CC(C)(C)c1ccc(C(C)(C)C)c(N2C(=O)N(Cc3ccccc3)Cc3ccccc32)c1. The van der Waals surface area contributed by atoms with Gasteiger partial charge in [-0.25, -0.2) is 4.79 Å². The van der Waals surface area contributed by atoms with Crippen LogP contribution in [-0.4, -0.2) is 10.9 Å². The van der Waals surface area contributed by atoms with E-state index in [0.29, 0.717) is 13.1 Å². The summed E-state index contributed by atoms with van der Waals surface area (Å²) in [5, 5.41) is 0. The summed E-state index contributed by atoms with van der Waals surface area (Å²) < 4.78 is 0. The second-order valence-corrected chi connectivity index (χ2v) is 10.8. The molecule has 3 nitrogen and oxygen atoms in total. The Bertz CT molecular complexity index is 1120. The van der Waals surface area contributed by atoms with E-state index in [-0.39, 0.29) is 16.9 Å². The van der Waals surface area contributed by atoms with Gasteiger partial charge in [0.2, 0.25) is 0 Å². The van der Waals surface area contributed by atoms with Gasteiger partial charge in [0.15, 0.2) is 0 Å². The number of hydrogen-bond acceptors (Lipinski definition) is 1. The smallest absolute Gasteiger partial charge is 0.315 e. The summed E-state index contributed by atoms with van der Waals surface area (Å²) in [4.78, 5) is 17.9. The van der Waals surface area contributed by atoms with Crippen molar-refractivity contribution < 1.29 is 4.79 Å². The van der Waals surface area contributed by atoms with Crippen molar-refractivity contribution in [3.8, 4) is 0 Å². The van der Waals surface area contributed by atoms with Crippen LogP contribution in [-0.2, 0) is 23.9 Å². The van der Waals surface area contributed by atoms with Crippen molar-refractivity contribution in [2.24, 2.45) is 0 Å². The highest BCUT2D eigenvalue weighted by Crippen LogP contribution is 2.42. The molecule has 3 heteroatoms. The summed E-state index contributed by atoms with van der Waals surface area (Å²) >= 11 is 0. The Labute approximate surface area is 192 Å². The van der Waals surface area contributed by atoms with Crippen molar-refractivity contribution in [2.45, 2.75) is 65.5 Å². The summed E-state index contributed by atoms with van der Waals surface area (Å²) in [6.07, 6.45) is 0.